The molecule has 0 aliphatic carbocycles. The predicted octanol–water partition coefficient (Wildman–Crippen LogP) is 2.08. The van der Waals surface area contributed by atoms with Gasteiger partial charge in [-0.2, -0.15) is 0 Å². The molecule has 0 atom stereocenters. The predicted molar refractivity (Wildman–Crippen MR) is 70.1 cm³/mol. The van der Waals surface area contributed by atoms with Crippen LogP contribution in [0.25, 0.3) is 0 Å². The van der Waals surface area contributed by atoms with Crippen LogP contribution < -0.4 is 11.1 Å². The molecule has 4 nitrogen and oxygen atoms in total. The maximum Gasteiger partial charge on any atom is 0.250 e. The summed E-state index contributed by atoms with van der Waals surface area (Å²) in [6.45, 7) is 0.268. The average molecular weight is 287 g/mol. The number of nitrogens with one attached hydrogen (secondary N) is 1. The number of hydrogen-bond donors (Lipinski definition) is 2. The van der Waals surface area contributed by atoms with Gasteiger partial charge in [0, 0.05) is 31.6 Å². The molecule has 1 aliphatic rings. The summed E-state index contributed by atoms with van der Waals surface area (Å²) in [6, 6.07) is 3.86. The minimum absolute atomic E-state index is 0.00246. The van der Waals surface area contributed by atoms with Crippen LogP contribution in [0.3, 0.4) is 0 Å². The van der Waals surface area contributed by atoms with E-state index in [4.69, 9.17) is 5.73 Å². The number of nitrogens with zero attached hydrogens (tertiary/aromatic N) is 1. The van der Waals surface area contributed by atoms with Crippen molar-refractivity contribution >= 4 is 17.3 Å². The zero-order valence-electron chi connectivity index (χ0n) is 10.8. The molecule has 1 aromatic rings. The smallest absolute Gasteiger partial charge is 0.250 e. The molecule has 2 rings (SSSR count). The van der Waals surface area contributed by atoms with Crippen molar-refractivity contribution in [1.29, 1.82) is 0 Å². The number of likely N-dealkylation sites (tertiary alicyclic amines) is 1. The summed E-state index contributed by atoms with van der Waals surface area (Å²) >= 11 is 0. The highest BCUT2D eigenvalue weighted by molar-refractivity contribution is 5.92. The van der Waals surface area contributed by atoms with Gasteiger partial charge in [0.05, 0.1) is 12.2 Å². The van der Waals surface area contributed by atoms with Crippen LogP contribution in [0.2, 0.25) is 0 Å². The number of carbonyl (C=O) groups excluding carboxylic acids is 1. The molecule has 20 heavy (non-hydrogen) atoms. The van der Waals surface area contributed by atoms with Crippen LogP contribution in [-0.2, 0) is 4.79 Å². The molecule has 0 spiro atoms. The van der Waals surface area contributed by atoms with Crippen molar-refractivity contribution in [3.8, 4) is 0 Å². The minimum atomic E-state index is -2.65. The second-order valence-corrected chi connectivity index (χ2v) is 4.92. The molecule has 1 fully saturated rings. The first-order chi connectivity index (χ1) is 9.35. The first-order valence-electron chi connectivity index (χ1n) is 6.31. The van der Waals surface area contributed by atoms with Crippen LogP contribution in [0.4, 0.5) is 24.5 Å². The number of nitrogens with two attached hydrogens (primary N) is 1. The van der Waals surface area contributed by atoms with E-state index in [9.17, 15) is 18.0 Å². The van der Waals surface area contributed by atoms with Gasteiger partial charge >= 0.3 is 0 Å². The Hall–Kier alpha value is -1.76. The zero-order valence-corrected chi connectivity index (χ0v) is 10.8. The van der Waals surface area contributed by atoms with Crippen molar-refractivity contribution in [3.05, 3.63) is 24.0 Å². The number of carbonyl (C=O) groups is 1. The fraction of sp³-hybridized carbons (Fsp3) is 0.462. The summed E-state index contributed by atoms with van der Waals surface area (Å²) in [5, 5.41) is 2.40. The highest BCUT2D eigenvalue weighted by atomic mass is 19.3. The molecule has 1 amide bonds. The van der Waals surface area contributed by atoms with Crippen molar-refractivity contribution in [2.24, 2.45) is 0 Å². The summed E-state index contributed by atoms with van der Waals surface area (Å²) in [7, 11) is 0. The number of halogens is 3. The number of alkyl halides is 2. The molecule has 0 aromatic heterocycles. The summed E-state index contributed by atoms with van der Waals surface area (Å²) in [4.78, 5) is 13.4. The lowest BCUT2D eigenvalue weighted by Gasteiger charge is -2.31. The number of amides is 1. The van der Waals surface area contributed by atoms with Gasteiger partial charge in [0.1, 0.15) is 5.82 Å². The van der Waals surface area contributed by atoms with E-state index in [0.29, 0.717) is 5.69 Å². The summed E-state index contributed by atoms with van der Waals surface area (Å²) in [5.74, 6) is -3.68. The molecule has 1 aliphatic heterocycles. The molecule has 110 valence electrons. The van der Waals surface area contributed by atoms with Crippen molar-refractivity contribution in [2.75, 3.05) is 30.7 Å². The molecule has 0 radical (unpaired) electrons. The van der Waals surface area contributed by atoms with E-state index >= 15 is 0 Å². The first kappa shape index (κ1) is 14.6. The Bertz CT molecular complexity index is 498. The first-order valence-corrected chi connectivity index (χ1v) is 6.31. The average Bonchev–Trinajstić information content (AvgIpc) is 2.36. The number of benzene rings is 1. The lowest BCUT2D eigenvalue weighted by molar-refractivity contribution is -0.119. The Kier molecular flexibility index (Phi) is 4.17. The van der Waals surface area contributed by atoms with Crippen LogP contribution in [0.15, 0.2) is 18.2 Å². The fourth-order valence-corrected chi connectivity index (χ4v) is 2.07. The van der Waals surface area contributed by atoms with Crippen molar-refractivity contribution in [1.82, 2.24) is 4.90 Å². The second kappa shape index (κ2) is 5.70. The van der Waals surface area contributed by atoms with Gasteiger partial charge in [0.2, 0.25) is 5.91 Å². The van der Waals surface area contributed by atoms with Crippen LogP contribution in [0.1, 0.15) is 12.8 Å². The van der Waals surface area contributed by atoms with Gasteiger partial charge < -0.3 is 11.1 Å². The third-order valence-corrected chi connectivity index (χ3v) is 3.22. The van der Waals surface area contributed by atoms with Gasteiger partial charge in [-0.05, 0) is 18.2 Å². The van der Waals surface area contributed by atoms with Crippen molar-refractivity contribution in [3.63, 3.8) is 0 Å². The normalized spacial score (nSPS) is 18.8. The number of piperidine rings is 1. The summed E-state index contributed by atoms with van der Waals surface area (Å²) < 4.78 is 39.4. The van der Waals surface area contributed by atoms with Crippen molar-refractivity contribution < 1.29 is 18.0 Å². The highest BCUT2D eigenvalue weighted by Crippen LogP contribution is 2.27. The number of hydrogen-bond acceptors (Lipinski definition) is 3. The Morgan fingerprint density at radius 1 is 1.35 bits per heavy atom. The van der Waals surface area contributed by atoms with Gasteiger partial charge in [-0.25, -0.2) is 13.2 Å². The monoisotopic (exact) mass is 287 g/mol. The van der Waals surface area contributed by atoms with E-state index in [1.54, 1.807) is 4.90 Å². The van der Waals surface area contributed by atoms with Crippen LogP contribution in [0, 0.1) is 5.82 Å². The molecule has 1 heterocycles. The lowest BCUT2D eigenvalue weighted by Crippen LogP contribution is -2.43. The quantitative estimate of drug-likeness (QED) is 0.837. The molecule has 1 aromatic carbocycles. The van der Waals surface area contributed by atoms with Gasteiger partial charge in [-0.15, -0.1) is 0 Å². The molecule has 1 saturated heterocycles. The fourth-order valence-electron chi connectivity index (χ4n) is 2.07. The van der Waals surface area contributed by atoms with E-state index in [1.807, 2.05) is 0 Å². The molecule has 0 unspecified atom stereocenters. The number of anilines is 2. The SMILES string of the molecule is Nc1ccc(F)c(NC(=O)CN2CCC(F)(F)CC2)c1. The third kappa shape index (κ3) is 3.86. The van der Waals surface area contributed by atoms with E-state index in [2.05, 4.69) is 5.32 Å². The molecule has 7 heteroatoms. The highest BCUT2D eigenvalue weighted by Gasteiger charge is 2.34. The van der Waals surface area contributed by atoms with Gasteiger partial charge in [-0.1, -0.05) is 0 Å². The van der Waals surface area contributed by atoms with Gasteiger partial charge in [-0.3, -0.25) is 9.69 Å². The second-order valence-electron chi connectivity index (χ2n) is 4.92. The summed E-state index contributed by atoms with van der Waals surface area (Å²) in [5.41, 5.74) is 5.84. The molecular weight excluding hydrogens is 271 g/mol. The minimum Gasteiger partial charge on any atom is -0.399 e. The van der Waals surface area contributed by atoms with Crippen LogP contribution in [-0.4, -0.2) is 36.4 Å². The van der Waals surface area contributed by atoms with E-state index in [1.165, 1.54) is 12.1 Å². The van der Waals surface area contributed by atoms with Gasteiger partial charge in [0.25, 0.3) is 5.92 Å². The Balaban J connectivity index is 1.88. The Morgan fingerprint density at radius 3 is 2.65 bits per heavy atom. The maximum absolute atomic E-state index is 13.4. The van der Waals surface area contributed by atoms with Gasteiger partial charge in [0.15, 0.2) is 0 Å². The number of nitrogen functional groups attached to an aromatic ring is 1. The van der Waals surface area contributed by atoms with E-state index in [-0.39, 0.29) is 38.2 Å². The summed E-state index contributed by atoms with van der Waals surface area (Å²) in [6.07, 6.45) is -0.514. The number of rotatable bonds is 3. The van der Waals surface area contributed by atoms with Crippen molar-refractivity contribution in [2.45, 2.75) is 18.8 Å². The zero-order chi connectivity index (χ0) is 14.8. The molecule has 0 saturated carbocycles. The maximum atomic E-state index is 13.4. The molecule has 0 bridgehead atoms. The van der Waals surface area contributed by atoms with Crippen LogP contribution >= 0.6 is 0 Å². The lowest BCUT2D eigenvalue weighted by atomic mass is 10.1. The standard InChI is InChI=1S/C13H16F3N3O/c14-10-2-1-9(17)7-11(10)18-12(20)8-19-5-3-13(15,16)4-6-19/h1-2,7H,3-6,8,17H2,(H,18,20). The van der Waals surface area contributed by atoms with E-state index in [0.717, 1.165) is 6.07 Å². The largest absolute Gasteiger partial charge is 0.399 e. The molecule has 3 N–H and O–H groups in total. The Labute approximate surface area is 114 Å². The topological polar surface area (TPSA) is 58.4 Å². The molecular formula is C13H16F3N3O. The van der Waals surface area contributed by atoms with E-state index < -0.39 is 17.6 Å². The third-order valence-electron chi connectivity index (χ3n) is 3.22. The van der Waals surface area contributed by atoms with Crippen LogP contribution in [0.5, 0.6) is 0 Å². The Morgan fingerprint density at radius 2 is 2.00 bits per heavy atom.